The molecular weight excluding hydrogens is 361 g/mol. The van der Waals surface area contributed by atoms with Crippen LogP contribution in [0.1, 0.15) is 37.0 Å². The van der Waals surface area contributed by atoms with E-state index in [0.717, 1.165) is 6.54 Å². The van der Waals surface area contributed by atoms with Crippen molar-refractivity contribution >= 4 is 5.91 Å². The van der Waals surface area contributed by atoms with E-state index in [2.05, 4.69) is 38.7 Å². The van der Waals surface area contributed by atoms with Gasteiger partial charge in [0.05, 0.1) is 0 Å². The van der Waals surface area contributed by atoms with Gasteiger partial charge in [0, 0.05) is 23.7 Å². The molecule has 1 N–H and O–H groups in total. The molecule has 0 bridgehead atoms. The van der Waals surface area contributed by atoms with Gasteiger partial charge in [0.1, 0.15) is 0 Å². The summed E-state index contributed by atoms with van der Waals surface area (Å²) in [5.41, 5.74) is 0.579. The van der Waals surface area contributed by atoms with Crippen molar-refractivity contribution in [3.8, 4) is 11.4 Å². The van der Waals surface area contributed by atoms with Crippen molar-refractivity contribution in [3.63, 3.8) is 0 Å². The summed E-state index contributed by atoms with van der Waals surface area (Å²) in [5, 5.41) is 6.29. The predicted octanol–water partition coefficient (Wildman–Crippen LogP) is 3.46. The number of nitrogens with one attached hydrogen (secondary N) is 1. The van der Waals surface area contributed by atoms with Crippen molar-refractivity contribution in [2.75, 3.05) is 20.6 Å². The van der Waals surface area contributed by atoms with Gasteiger partial charge in [-0.1, -0.05) is 31.1 Å². The highest BCUT2D eigenvalue weighted by Crippen LogP contribution is 2.29. The maximum Gasteiger partial charge on any atom is 0.471 e. The molecule has 6 nitrogen and oxygen atoms in total. The van der Waals surface area contributed by atoms with Crippen LogP contribution < -0.4 is 5.32 Å². The molecule has 2 rings (SSSR count). The van der Waals surface area contributed by atoms with E-state index in [1.54, 1.807) is 0 Å². The maximum absolute atomic E-state index is 12.5. The van der Waals surface area contributed by atoms with Crippen LogP contribution in [0, 0.1) is 5.41 Å². The van der Waals surface area contributed by atoms with Crippen LogP contribution in [0.25, 0.3) is 11.4 Å². The molecule has 0 aliphatic carbocycles. The van der Waals surface area contributed by atoms with Crippen LogP contribution in [0.5, 0.6) is 0 Å². The van der Waals surface area contributed by atoms with E-state index in [1.807, 2.05) is 21.0 Å². The third-order valence-electron chi connectivity index (χ3n) is 4.32. The van der Waals surface area contributed by atoms with Crippen LogP contribution in [-0.2, 0) is 6.18 Å². The van der Waals surface area contributed by atoms with Crippen molar-refractivity contribution in [3.05, 3.63) is 35.7 Å². The molecule has 0 aliphatic rings. The Bertz CT molecular complexity index is 783. The average Bonchev–Trinajstić information content (AvgIpc) is 3.04. The summed E-state index contributed by atoms with van der Waals surface area (Å²) < 4.78 is 41.8. The Kier molecular flexibility index (Phi) is 5.94. The van der Waals surface area contributed by atoms with E-state index in [1.165, 1.54) is 24.3 Å². The molecule has 0 saturated carbocycles. The second-order valence-electron chi connectivity index (χ2n) is 7.42. The van der Waals surface area contributed by atoms with Crippen LogP contribution >= 0.6 is 0 Å². The van der Waals surface area contributed by atoms with Crippen molar-refractivity contribution < 1.29 is 22.5 Å². The number of rotatable bonds is 6. The molecule has 1 atom stereocenters. The van der Waals surface area contributed by atoms with Gasteiger partial charge in [-0.25, -0.2) is 0 Å². The molecule has 1 heterocycles. The number of hydrogen-bond acceptors (Lipinski definition) is 5. The largest absolute Gasteiger partial charge is 0.471 e. The summed E-state index contributed by atoms with van der Waals surface area (Å²) >= 11 is 0. The number of alkyl halides is 3. The zero-order chi connectivity index (χ0) is 20.4. The summed E-state index contributed by atoms with van der Waals surface area (Å²) in [4.78, 5) is 17.8. The SMILES string of the molecule is C[C@@H](NC(=O)c1ccc(-c2noc(C(F)(F)F)n2)cc1)C(C)(C)CN(C)C. The first-order valence-corrected chi connectivity index (χ1v) is 8.37. The fraction of sp³-hybridized carbons (Fsp3) is 0.500. The van der Waals surface area contributed by atoms with Gasteiger partial charge in [-0.05, 0) is 38.6 Å². The standard InChI is InChI=1S/C18H23F3N4O2/c1-11(17(2,3)10-25(4)5)22-15(26)13-8-6-12(7-9-13)14-23-16(27-24-14)18(19,20)21/h6-9,11H,10H2,1-5H3,(H,22,26)/t11-/m1/s1. The van der Waals surface area contributed by atoms with E-state index in [-0.39, 0.29) is 23.2 Å². The van der Waals surface area contributed by atoms with Crippen molar-refractivity contribution in [1.29, 1.82) is 0 Å². The van der Waals surface area contributed by atoms with E-state index < -0.39 is 12.1 Å². The highest BCUT2D eigenvalue weighted by Gasteiger charge is 2.38. The third-order valence-corrected chi connectivity index (χ3v) is 4.32. The Morgan fingerprint density at radius 3 is 2.30 bits per heavy atom. The molecule has 9 heteroatoms. The number of amides is 1. The lowest BCUT2D eigenvalue weighted by Crippen LogP contribution is -2.47. The first kappa shape index (κ1) is 20.9. The van der Waals surface area contributed by atoms with E-state index in [4.69, 9.17) is 0 Å². The molecule has 0 spiro atoms. The summed E-state index contributed by atoms with van der Waals surface area (Å²) in [6, 6.07) is 5.91. The summed E-state index contributed by atoms with van der Waals surface area (Å²) in [6.07, 6.45) is -4.69. The predicted molar refractivity (Wildman–Crippen MR) is 94.0 cm³/mol. The first-order chi connectivity index (χ1) is 12.4. The number of hydrogen-bond donors (Lipinski definition) is 1. The Hall–Kier alpha value is -2.42. The fourth-order valence-electron chi connectivity index (χ4n) is 2.65. The number of aromatic nitrogens is 2. The smallest absolute Gasteiger partial charge is 0.349 e. The molecule has 2 aromatic rings. The van der Waals surface area contributed by atoms with E-state index in [0.29, 0.717) is 11.1 Å². The van der Waals surface area contributed by atoms with Gasteiger partial charge in [-0.2, -0.15) is 18.2 Å². The van der Waals surface area contributed by atoms with Gasteiger partial charge in [-0.3, -0.25) is 4.79 Å². The van der Waals surface area contributed by atoms with Crippen LogP contribution in [-0.4, -0.2) is 47.6 Å². The fourth-order valence-corrected chi connectivity index (χ4v) is 2.65. The minimum absolute atomic E-state index is 0.0846. The monoisotopic (exact) mass is 384 g/mol. The molecule has 1 aromatic heterocycles. The number of carbonyl (C=O) groups is 1. The summed E-state index contributed by atoms with van der Waals surface area (Å²) in [6.45, 7) is 6.87. The number of nitrogens with zero attached hydrogens (tertiary/aromatic N) is 3. The molecule has 1 amide bonds. The molecule has 0 unspecified atom stereocenters. The highest BCUT2D eigenvalue weighted by molar-refractivity contribution is 5.94. The number of halogens is 3. The topological polar surface area (TPSA) is 71.3 Å². The zero-order valence-electron chi connectivity index (χ0n) is 15.9. The lowest BCUT2D eigenvalue weighted by atomic mass is 9.84. The molecule has 27 heavy (non-hydrogen) atoms. The molecule has 0 fully saturated rings. The van der Waals surface area contributed by atoms with Gasteiger partial charge < -0.3 is 14.7 Å². The van der Waals surface area contributed by atoms with Crippen molar-refractivity contribution in [1.82, 2.24) is 20.4 Å². The zero-order valence-corrected chi connectivity index (χ0v) is 15.9. The van der Waals surface area contributed by atoms with Gasteiger partial charge >= 0.3 is 12.1 Å². The summed E-state index contributed by atoms with van der Waals surface area (Å²) in [7, 11) is 3.94. The van der Waals surface area contributed by atoms with Crippen LogP contribution in [0.2, 0.25) is 0 Å². The first-order valence-electron chi connectivity index (χ1n) is 8.37. The lowest BCUT2D eigenvalue weighted by Gasteiger charge is -2.34. The number of carbonyl (C=O) groups excluding carboxylic acids is 1. The van der Waals surface area contributed by atoms with Gasteiger partial charge in [0.2, 0.25) is 5.82 Å². The molecule has 0 saturated heterocycles. The molecule has 148 valence electrons. The molecule has 0 radical (unpaired) electrons. The summed E-state index contributed by atoms with van der Waals surface area (Å²) in [5.74, 6) is -1.85. The quantitative estimate of drug-likeness (QED) is 0.826. The Labute approximate surface area is 155 Å². The van der Waals surface area contributed by atoms with Crippen LogP contribution in [0.15, 0.2) is 28.8 Å². The highest BCUT2D eigenvalue weighted by atomic mass is 19.4. The van der Waals surface area contributed by atoms with Gasteiger partial charge in [0.15, 0.2) is 0 Å². The minimum Gasteiger partial charge on any atom is -0.349 e. The van der Waals surface area contributed by atoms with Crippen LogP contribution in [0.4, 0.5) is 13.2 Å². The molecular formula is C18H23F3N4O2. The number of benzene rings is 1. The Morgan fingerprint density at radius 2 is 1.81 bits per heavy atom. The van der Waals surface area contributed by atoms with E-state index >= 15 is 0 Å². The van der Waals surface area contributed by atoms with Crippen molar-refractivity contribution in [2.24, 2.45) is 5.41 Å². The maximum atomic E-state index is 12.5. The van der Waals surface area contributed by atoms with Crippen molar-refractivity contribution in [2.45, 2.75) is 33.0 Å². The molecule has 0 aliphatic heterocycles. The second kappa shape index (κ2) is 7.67. The molecule has 1 aromatic carbocycles. The third kappa shape index (κ3) is 5.29. The van der Waals surface area contributed by atoms with Gasteiger partial charge in [-0.15, -0.1) is 0 Å². The van der Waals surface area contributed by atoms with E-state index in [9.17, 15) is 18.0 Å². The second-order valence-corrected chi connectivity index (χ2v) is 7.42. The average molecular weight is 384 g/mol. The normalized spacial score (nSPS) is 13.7. The lowest BCUT2D eigenvalue weighted by molar-refractivity contribution is -0.159. The Balaban J connectivity index is 2.08. The minimum atomic E-state index is -4.69. The van der Waals surface area contributed by atoms with Crippen LogP contribution in [0.3, 0.4) is 0 Å². The Morgan fingerprint density at radius 1 is 1.22 bits per heavy atom. The van der Waals surface area contributed by atoms with Gasteiger partial charge in [0.25, 0.3) is 5.91 Å².